The molecule has 1 aromatic rings. The molecule has 1 unspecified atom stereocenters. The van der Waals surface area contributed by atoms with E-state index in [9.17, 15) is 5.11 Å². The predicted octanol–water partition coefficient (Wildman–Crippen LogP) is 1.36. The summed E-state index contributed by atoms with van der Waals surface area (Å²) in [5.74, 6) is 0.886. The third-order valence-corrected chi connectivity index (χ3v) is 3.04. The van der Waals surface area contributed by atoms with Crippen molar-refractivity contribution in [2.45, 2.75) is 25.6 Å². The van der Waals surface area contributed by atoms with Crippen LogP contribution in [0.25, 0.3) is 0 Å². The van der Waals surface area contributed by atoms with Crippen LogP contribution >= 0.6 is 0 Å². The highest BCUT2D eigenvalue weighted by Gasteiger charge is 2.25. The molecule has 4 heteroatoms. The van der Waals surface area contributed by atoms with Crippen molar-refractivity contribution in [2.75, 3.05) is 25.1 Å². The molecule has 1 aromatic heterocycles. The second kappa shape index (κ2) is 4.80. The summed E-state index contributed by atoms with van der Waals surface area (Å²) in [7, 11) is 1.74. The Hall–Kier alpha value is -1.13. The molecule has 1 aliphatic rings. The van der Waals surface area contributed by atoms with Gasteiger partial charge in [-0.05, 0) is 19.4 Å². The van der Waals surface area contributed by atoms with Gasteiger partial charge in [0.25, 0.3) is 0 Å². The van der Waals surface area contributed by atoms with Gasteiger partial charge in [-0.2, -0.15) is 0 Å². The van der Waals surface area contributed by atoms with Crippen molar-refractivity contribution in [3.05, 3.63) is 23.9 Å². The third-order valence-electron chi connectivity index (χ3n) is 3.04. The second-order valence-corrected chi connectivity index (χ2v) is 4.18. The molecule has 1 fully saturated rings. The van der Waals surface area contributed by atoms with Crippen LogP contribution in [0.1, 0.15) is 25.0 Å². The van der Waals surface area contributed by atoms with Gasteiger partial charge in [0.2, 0.25) is 0 Å². The maximum Gasteiger partial charge on any atom is 0.134 e. The molecule has 0 radical (unpaired) electrons. The van der Waals surface area contributed by atoms with Crippen LogP contribution in [0.3, 0.4) is 0 Å². The summed E-state index contributed by atoms with van der Waals surface area (Å²) < 4.78 is 5.33. The molecule has 4 nitrogen and oxygen atoms in total. The number of aliphatic hydroxyl groups excluding tert-OH is 1. The van der Waals surface area contributed by atoms with Crippen molar-refractivity contribution in [1.82, 2.24) is 4.98 Å². The smallest absolute Gasteiger partial charge is 0.134 e. The maximum absolute atomic E-state index is 9.69. The van der Waals surface area contributed by atoms with Crippen molar-refractivity contribution in [3.8, 4) is 0 Å². The van der Waals surface area contributed by atoms with Crippen molar-refractivity contribution in [2.24, 2.45) is 0 Å². The Labute approximate surface area is 95.9 Å². The fraction of sp³-hybridized carbons (Fsp3) is 0.583. The Morgan fingerprint density at radius 1 is 1.62 bits per heavy atom. The van der Waals surface area contributed by atoms with Crippen molar-refractivity contribution in [3.63, 3.8) is 0 Å². The molecule has 0 saturated carbocycles. The lowest BCUT2D eigenvalue weighted by Gasteiger charge is -2.21. The van der Waals surface area contributed by atoms with Gasteiger partial charge >= 0.3 is 0 Å². The van der Waals surface area contributed by atoms with Gasteiger partial charge in [-0.3, -0.25) is 0 Å². The van der Waals surface area contributed by atoms with Gasteiger partial charge in [-0.1, -0.05) is 6.07 Å². The van der Waals surface area contributed by atoms with Crippen molar-refractivity contribution < 1.29 is 9.84 Å². The molecule has 1 N–H and O–H groups in total. The van der Waals surface area contributed by atoms with Crippen molar-refractivity contribution in [1.29, 1.82) is 0 Å². The molecular formula is C12H18N2O2. The average Bonchev–Trinajstić information content (AvgIpc) is 2.77. The first-order valence-electron chi connectivity index (χ1n) is 5.63. The summed E-state index contributed by atoms with van der Waals surface area (Å²) in [6, 6.07) is 3.78. The topological polar surface area (TPSA) is 45.6 Å². The molecule has 1 saturated heterocycles. The molecule has 0 bridgehead atoms. The fourth-order valence-corrected chi connectivity index (χ4v) is 2.11. The molecule has 0 aliphatic carbocycles. The number of methoxy groups -OCH3 is 1. The van der Waals surface area contributed by atoms with Crippen LogP contribution in [0.15, 0.2) is 18.3 Å². The van der Waals surface area contributed by atoms with E-state index in [4.69, 9.17) is 4.74 Å². The quantitative estimate of drug-likeness (QED) is 0.838. The fourth-order valence-electron chi connectivity index (χ4n) is 2.11. The Bertz CT molecular complexity index is 355. The van der Waals surface area contributed by atoms with Crippen LogP contribution in [0, 0.1) is 0 Å². The minimum atomic E-state index is -0.481. The number of aliphatic hydroxyl groups is 1. The van der Waals surface area contributed by atoms with Gasteiger partial charge in [-0.15, -0.1) is 0 Å². The van der Waals surface area contributed by atoms with Gasteiger partial charge in [0, 0.05) is 32.0 Å². The van der Waals surface area contributed by atoms with Gasteiger partial charge in [0.15, 0.2) is 0 Å². The Morgan fingerprint density at radius 2 is 2.44 bits per heavy atom. The number of nitrogens with zero attached hydrogens (tertiary/aromatic N) is 2. The van der Waals surface area contributed by atoms with E-state index in [-0.39, 0.29) is 6.10 Å². The zero-order chi connectivity index (χ0) is 11.5. The number of pyridine rings is 1. The molecule has 2 atom stereocenters. The molecular weight excluding hydrogens is 204 g/mol. The van der Waals surface area contributed by atoms with Crippen LogP contribution in [0.2, 0.25) is 0 Å². The van der Waals surface area contributed by atoms with E-state index in [1.807, 2.05) is 12.1 Å². The summed E-state index contributed by atoms with van der Waals surface area (Å²) >= 11 is 0. The van der Waals surface area contributed by atoms with E-state index in [0.29, 0.717) is 0 Å². The van der Waals surface area contributed by atoms with Gasteiger partial charge in [0.1, 0.15) is 5.82 Å². The number of anilines is 1. The molecule has 2 rings (SSSR count). The molecule has 0 aromatic carbocycles. The summed E-state index contributed by atoms with van der Waals surface area (Å²) in [4.78, 5) is 6.54. The lowest BCUT2D eigenvalue weighted by Crippen LogP contribution is -2.24. The van der Waals surface area contributed by atoms with E-state index in [0.717, 1.165) is 30.9 Å². The first-order valence-corrected chi connectivity index (χ1v) is 5.63. The highest BCUT2D eigenvalue weighted by Crippen LogP contribution is 2.27. The van der Waals surface area contributed by atoms with Crippen LogP contribution in [-0.2, 0) is 4.74 Å². The summed E-state index contributed by atoms with van der Waals surface area (Å²) in [5.41, 5.74) is 0.888. The van der Waals surface area contributed by atoms with E-state index in [1.165, 1.54) is 0 Å². The third kappa shape index (κ3) is 2.18. The number of ether oxygens (including phenoxy) is 1. The monoisotopic (exact) mass is 222 g/mol. The molecule has 88 valence electrons. The van der Waals surface area contributed by atoms with Crippen LogP contribution in [-0.4, -0.2) is 36.4 Å². The highest BCUT2D eigenvalue weighted by atomic mass is 16.5. The standard InChI is InChI=1S/C12H18N2O2/c1-9(15)11-4-3-6-13-12(11)14-7-5-10(8-14)16-2/h3-4,6,9-10,15H,5,7-8H2,1-2H3/t9-,10?/m0/s1. The SMILES string of the molecule is COC1CCN(c2ncccc2[C@H](C)O)C1. The first-order chi connectivity index (χ1) is 7.72. The maximum atomic E-state index is 9.69. The van der Waals surface area contributed by atoms with Gasteiger partial charge < -0.3 is 14.7 Å². The first kappa shape index (κ1) is 11.4. The number of hydrogen-bond donors (Lipinski definition) is 1. The Balaban J connectivity index is 2.20. The normalized spacial score (nSPS) is 22.4. The summed E-state index contributed by atoms with van der Waals surface area (Å²) in [5, 5.41) is 9.69. The number of aromatic nitrogens is 1. The minimum absolute atomic E-state index is 0.281. The minimum Gasteiger partial charge on any atom is -0.389 e. The molecule has 0 amide bonds. The van der Waals surface area contributed by atoms with E-state index in [1.54, 1.807) is 20.2 Å². The molecule has 16 heavy (non-hydrogen) atoms. The number of rotatable bonds is 3. The Morgan fingerprint density at radius 3 is 3.06 bits per heavy atom. The lowest BCUT2D eigenvalue weighted by atomic mass is 10.1. The molecule has 2 heterocycles. The van der Waals surface area contributed by atoms with Crippen LogP contribution < -0.4 is 4.90 Å². The zero-order valence-corrected chi connectivity index (χ0v) is 9.76. The van der Waals surface area contributed by atoms with Gasteiger partial charge in [-0.25, -0.2) is 4.98 Å². The second-order valence-electron chi connectivity index (χ2n) is 4.18. The van der Waals surface area contributed by atoms with E-state index in [2.05, 4.69) is 9.88 Å². The molecule has 1 aliphatic heterocycles. The van der Waals surface area contributed by atoms with E-state index >= 15 is 0 Å². The van der Waals surface area contributed by atoms with Crippen molar-refractivity contribution >= 4 is 5.82 Å². The van der Waals surface area contributed by atoms with Crippen LogP contribution in [0.5, 0.6) is 0 Å². The Kier molecular flexibility index (Phi) is 3.41. The lowest BCUT2D eigenvalue weighted by molar-refractivity contribution is 0.121. The zero-order valence-electron chi connectivity index (χ0n) is 9.76. The van der Waals surface area contributed by atoms with Gasteiger partial charge in [0.05, 0.1) is 12.2 Å². The van der Waals surface area contributed by atoms with Crippen LogP contribution in [0.4, 0.5) is 5.82 Å². The predicted molar refractivity (Wildman–Crippen MR) is 62.5 cm³/mol. The molecule has 0 spiro atoms. The van der Waals surface area contributed by atoms with E-state index < -0.39 is 6.10 Å². The summed E-state index contributed by atoms with van der Waals surface area (Å²) in [6.45, 7) is 3.56. The number of hydrogen-bond acceptors (Lipinski definition) is 4. The largest absolute Gasteiger partial charge is 0.389 e. The average molecular weight is 222 g/mol. The summed E-state index contributed by atoms with van der Waals surface area (Å²) in [6.07, 6.45) is 2.59. The highest BCUT2D eigenvalue weighted by molar-refractivity contribution is 5.48.